The van der Waals surface area contributed by atoms with Gasteiger partial charge in [-0.05, 0) is 42.7 Å². The molecule has 1 unspecified atom stereocenters. The van der Waals surface area contributed by atoms with Crippen LogP contribution in [-0.4, -0.2) is 13.7 Å². The maximum Gasteiger partial charge on any atom is 0.136 e. The Labute approximate surface area is 120 Å². The number of aryl methyl sites for hydroxylation is 2. The SMILES string of the molecule is COc1cccc(OC(CN)c2ccc(C)c(C)c2)c1. The molecule has 2 rings (SSSR count). The summed E-state index contributed by atoms with van der Waals surface area (Å²) in [5, 5.41) is 0. The van der Waals surface area contributed by atoms with Crippen molar-refractivity contribution in [3.05, 3.63) is 59.2 Å². The Morgan fingerprint density at radius 1 is 1.00 bits per heavy atom. The van der Waals surface area contributed by atoms with E-state index in [1.807, 2.05) is 24.3 Å². The first-order valence-corrected chi connectivity index (χ1v) is 6.72. The number of methoxy groups -OCH3 is 1. The zero-order chi connectivity index (χ0) is 14.5. The van der Waals surface area contributed by atoms with Gasteiger partial charge in [0.1, 0.15) is 17.6 Å². The first kappa shape index (κ1) is 14.4. The molecule has 0 aliphatic carbocycles. The average molecular weight is 271 g/mol. The average Bonchev–Trinajstić information content (AvgIpc) is 2.48. The first-order chi connectivity index (χ1) is 9.63. The monoisotopic (exact) mass is 271 g/mol. The number of nitrogens with two attached hydrogens (primary N) is 1. The molecule has 1 atom stereocenters. The Kier molecular flexibility index (Phi) is 4.64. The van der Waals surface area contributed by atoms with E-state index in [1.165, 1.54) is 11.1 Å². The Hall–Kier alpha value is -2.00. The largest absolute Gasteiger partial charge is 0.497 e. The third-order valence-corrected chi connectivity index (χ3v) is 3.44. The lowest BCUT2D eigenvalue weighted by atomic mass is 10.0. The Morgan fingerprint density at radius 2 is 1.75 bits per heavy atom. The van der Waals surface area contributed by atoms with Gasteiger partial charge in [0.05, 0.1) is 7.11 Å². The van der Waals surface area contributed by atoms with Gasteiger partial charge in [0, 0.05) is 12.6 Å². The molecule has 3 heteroatoms. The highest BCUT2D eigenvalue weighted by molar-refractivity contribution is 5.35. The van der Waals surface area contributed by atoms with Crippen LogP contribution in [0.25, 0.3) is 0 Å². The third-order valence-electron chi connectivity index (χ3n) is 3.44. The van der Waals surface area contributed by atoms with E-state index < -0.39 is 0 Å². The van der Waals surface area contributed by atoms with Gasteiger partial charge in [-0.15, -0.1) is 0 Å². The van der Waals surface area contributed by atoms with Crippen LogP contribution < -0.4 is 15.2 Å². The predicted molar refractivity (Wildman–Crippen MR) is 81.3 cm³/mol. The second-order valence-electron chi connectivity index (χ2n) is 4.86. The normalized spacial score (nSPS) is 12.0. The molecule has 0 amide bonds. The summed E-state index contributed by atoms with van der Waals surface area (Å²) in [5.41, 5.74) is 9.47. The molecule has 0 saturated carbocycles. The van der Waals surface area contributed by atoms with Crippen LogP contribution in [0.4, 0.5) is 0 Å². The van der Waals surface area contributed by atoms with Crippen LogP contribution in [0.5, 0.6) is 11.5 Å². The van der Waals surface area contributed by atoms with E-state index in [2.05, 4.69) is 32.0 Å². The first-order valence-electron chi connectivity index (χ1n) is 6.72. The summed E-state index contributed by atoms with van der Waals surface area (Å²) in [7, 11) is 1.64. The highest BCUT2D eigenvalue weighted by Crippen LogP contribution is 2.25. The molecule has 2 N–H and O–H groups in total. The van der Waals surface area contributed by atoms with Crippen LogP contribution in [0.2, 0.25) is 0 Å². The van der Waals surface area contributed by atoms with E-state index in [0.717, 1.165) is 17.1 Å². The van der Waals surface area contributed by atoms with Crippen molar-refractivity contribution in [3.63, 3.8) is 0 Å². The van der Waals surface area contributed by atoms with E-state index in [1.54, 1.807) is 7.11 Å². The van der Waals surface area contributed by atoms with E-state index in [0.29, 0.717) is 6.54 Å². The fourth-order valence-electron chi connectivity index (χ4n) is 2.06. The summed E-state index contributed by atoms with van der Waals surface area (Å²) in [6.45, 7) is 4.62. The number of benzene rings is 2. The van der Waals surface area contributed by atoms with E-state index >= 15 is 0 Å². The van der Waals surface area contributed by atoms with Gasteiger partial charge in [-0.2, -0.15) is 0 Å². The molecule has 3 nitrogen and oxygen atoms in total. The third kappa shape index (κ3) is 3.31. The topological polar surface area (TPSA) is 44.5 Å². The molecule has 2 aromatic rings. The molecule has 0 bridgehead atoms. The number of rotatable bonds is 5. The van der Waals surface area contributed by atoms with Crippen molar-refractivity contribution in [1.29, 1.82) is 0 Å². The van der Waals surface area contributed by atoms with E-state index in [4.69, 9.17) is 15.2 Å². The standard InChI is InChI=1S/C17H21NO2/c1-12-7-8-14(9-13(12)2)17(11-18)20-16-6-4-5-15(10-16)19-3/h4-10,17H,11,18H2,1-3H3. The lowest BCUT2D eigenvalue weighted by Gasteiger charge is -2.19. The molecule has 0 saturated heterocycles. The van der Waals surface area contributed by atoms with Crippen LogP contribution >= 0.6 is 0 Å². The smallest absolute Gasteiger partial charge is 0.136 e. The van der Waals surface area contributed by atoms with Crippen molar-refractivity contribution < 1.29 is 9.47 Å². The summed E-state index contributed by atoms with van der Waals surface area (Å²) < 4.78 is 11.2. The second-order valence-corrected chi connectivity index (χ2v) is 4.86. The summed E-state index contributed by atoms with van der Waals surface area (Å²) in [5.74, 6) is 1.54. The maximum absolute atomic E-state index is 5.98. The van der Waals surface area contributed by atoms with Crippen molar-refractivity contribution in [1.82, 2.24) is 0 Å². The van der Waals surface area contributed by atoms with Gasteiger partial charge >= 0.3 is 0 Å². The molecule has 20 heavy (non-hydrogen) atoms. The Balaban J connectivity index is 2.21. The molecular weight excluding hydrogens is 250 g/mol. The zero-order valence-electron chi connectivity index (χ0n) is 12.2. The molecule has 0 aliphatic rings. The zero-order valence-corrected chi connectivity index (χ0v) is 12.2. The minimum atomic E-state index is -0.151. The van der Waals surface area contributed by atoms with Crippen molar-refractivity contribution in [3.8, 4) is 11.5 Å². The molecular formula is C17H21NO2. The molecule has 0 heterocycles. The molecule has 0 fully saturated rings. The molecule has 0 aliphatic heterocycles. The molecule has 0 aromatic heterocycles. The van der Waals surface area contributed by atoms with Crippen molar-refractivity contribution in [2.24, 2.45) is 5.73 Å². The molecule has 2 aromatic carbocycles. The van der Waals surface area contributed by atoms with E-state index in [-0.39, 0.29) is 6.10 Å². The number of hydrogen-bond donors (Lipinski definition) is 1. The molecule has 0 spiro atoms. The summed E-state index contributed by atoms with van der Waals surface area (Å²) >= 11 is 0. The van der Waals surface area contributed by atoms with Crippen LogP contribution in [0.3, 0.4) is 0 Å². The van der Waals surface area contributed by atoms with Crippen LogP contribution in [0.15, 0.2) is 42.5 Å². The second kappa shape index (κ2) is 6.44. The maximum atomic E-state index is 5.98. The van der Waals surface area contributed by atoms with E-state index in [9.17, 15) is 0 Å². The fraction of sp³-hybridized carbons (Fsp3) is 0.294. The lowest BCUT2D eigenvalue weighted by molar-refractivity contribution is 0.213. The van der Waals surface area contributed by atoms with Gasteiger partial charge in [0.25, 0.3) is 0 Å². The highest BCUT2D eigenvalue weighted by atomic mass is 16.5. The highest BCUT2D eigenvalue weighted by Gasteiger charge is 2.12. The van der Waals surface area contributed by atoms with Gasteiger partial charge in [-0.1, -0.05) is 24.3 Å². The van der Waals surface area contributed by atoms with Gasteiger partial charge in [-0.3, -0.25) is 0 Å². The van der Waals surface area contributed by atoms with Crippen LogP contribution in [0, 0.1) is 13.8 Å². The van der Waals surface area contributed by atoms with Crippen LogP contribution in [0.1, 0.15) is 22.8 Å². The molecule has 0 radical (unpaired) electrons. The summed E-state index contributed by atoms with van der Waals surface area (Å²) in [6, 6.07) is 13.9. The number of ether oxygens (including phenoxy) is 2. The minimum absolute atomic E-state index is 0.151. The van der Waals surface area contributed by atoms with Crippen molar-refractivity contribution >= 4 is 0 Å². The van der Waals surface area contributed by atoms with Gasteiger partial charge in [-0.25, -0.2) is 0 Å². The minimum Gasteiger partial charge on any atom is -0.497 e. The van der Waals surface area contributed by atoms with Crippen molar-refractivity contribution in [2.75, 3.05) is 13.7 Å². The van der Waals surface area contributed by atoms with Gasteiger partial charge in [0.2, 0.25) is 0 Å². The van der Waals surface area contributed by atoms with Gasteiger partial charge < -0.3 is 15.2 Å². The lowest BCUT2D eigenvalue weighted by Crippen LogP contribution is -2.18. The summed E-state index contributed by atoms with van der Waals surface area (Å²) in [4.78, 5) is 0. The Bertz CT molecular complexity index is 581. The quantitative estimate of drug-likeness (QED) is 0.906. The Morgan fingerprint density at radius 3 is 2.40 bits per heavy atom. The molecule has 106 valence electrons. The van der Waals surface area contributed by atoms with Gasteiger partial charge in [0.15, 0.2) is 0 Å². The van der Waals surface area contributed by atoms with Crippen molar-refractivity contribution in [2.45, 2.75) is 20.0 Å². The van der Waals surface area contributed by atoms with Crippen LogP contribution in [-0.2, 0) is 0 Å². The summed E-state index contributed by atoms with van der Waals surface area (Å²) in [6.07, 6.45) is -0.151. The number of hydrogen-bond acceptors (Lipinski definition) is 3. The fourth-order valence-corrected chi connectivity index (χ4v) is 2.06. The predicted octanol–water partition coefficient (Wildman–Crippen LogP) is 3.39.